The summed E-state index contributed by atoms with van der Waals surface area (Å²) in [7, 11) is -4.69. The van der Waals surface area contributed by atoms with E-state index in [4.69, 9.17) is 11.6 Å². The quantitative estimate of drug-likeness (QED) is 0.172. The van der Waals surface area contributed by atoms with Crippen molar-refractivity contribution in [2.24, 2.45) is 10.2 Å². The number of hydrogen-bond donors (Lipinski definition) is 4. The maximum Gasteiger partial charge on any atom is 0.296 e. The number of benzene rings is 2. The molecule has 0 unspecified atom stereocenters. The number of para-hydroxylation sites is 1. The predicted molar refractivity (Wildman–Crippen MR) is 141 cm³/mol. The van der Waals surface area contributed by atoms with Gasteiger partial charge in [0.25, 0.3) is 15.7 Å². The lowest BCUT2D eigenvalue weighted by molar-refractivity contribution is 0.412. The van der Waals surface area contributed by atoms with Crippen molar-refractivity contribution in [2.45, 2.75) is 25.3 Å². The SMILES string of the molecule is CCn1c(O)c(/N=N/c2cc(Nc3nc(Cl)nc(Nc4ccccc4)n3)ccc2S(=O)(=O)O)c(C)cc1=O. The fourth-order valence-electron chi connectivity index (χ4n) is 3.41. The first-order valence-electron chi connectivity index (χ1n) is 11.0. The van der Waals surface area contributed by atoms with Gasteiger partial charge < -0.3 is 15.7 Å². The average molecular weight is 557 g/mol. The Morgan fingerprint density at radius 1 is 0.974 bits per heavy atom. The van der Waals surface area contributed by atoms with Crippen LogP contribution in [0.25, 0.3) is 0 Å². The van der Waals surface area contributed by atoms with E-state index in [9.17, 15) is 22.9 Å². The third kappa shape index (κ3) is 6.11. The maximum atomic E-state index is 12.1. The highest BCUT2D eigenvalue weighted by Gasteiger charge is 2.18. The molecule has 4 aromatic rings. The molecule has 15 heteroatoms. The number of aromatic hydroxyl groups is 1. The van der Waals surface area contributed by atoms with Crippen LogP contribution in [0.2, 0.25) is 5.28 Å². The number of azo groups is 1. The van der Waals surface area contributed by atoms with E-state index in [0.29, 0.717) is 11.3 Å². The second-order valence-electron chi connectivity index (χ2n) is 7.81. The van der Waals surface area contributed by atoms with E-state index >= 15 is 0 Å². The molecule has 0 bridgehead atoms. The molecule has 0 aliphatic carbocycles. The molecule has 2 aromatic heterocycles. The van der Waals surface area contributed by atoms with E-state index in [-0.39, 0.29) is 40.8 Å². The molecule has 2 aromatic carbocycles. The van der Waals surface area contributed by atoms with Crippen LogP contribution in [0.1, 0.15) is 12.5 Å². The van der Waals surface area contributed by atoms with Gasteiger partial charge in [0.15, 0.2) is 0 Å². The minimum atomic E-state index is -4.69. The number of pyridine rings is 1. The van der Waals surface area contributed by atoms with Crippen LogP contribution in [0, 0.1) is 6.92 Å². The topological polar surface area (TPSA) is 184 Å². The Morgan fingerprint density at radius 3 is 2.26 bits per heavy atom. The average Bonchev–Trinajstić information content (AvgIpc) is 2.83. The molecule has 0 aliphatic rings. The molecule has 0 saturated heterocycles. The van der Waals surface area contributed by atoms with Gasteiger partial charge in [-0.05, 0) is 61.3 Å². The Morgan fingerprint density at radius 2 is 1.63 bits per heavy atom. The zero-order chi connectivity index (χ0) is 27.4. The summed E-state index contributed by atoms with van der Waals surface area (Å²) < 4.78 is 34.7. The zero-order valence-corrected chi connectivity index (χ0v) is 21.6. The second kappa shape index (κ2) is 10.9. The smallest absolute Gasteiger partial charge is 0.296 e. The standard InChI is InChI=1S/C23H21ClN8O5S/c1-3-32-18(33)11-13(2)19(20(32)34)31-30-16-12-15(9-10-17(16)38(35,36)37)26-23-28-21(24)27-22(29-23)25-14-7-5-4-6-8-14/h4-12,34H,3H2,1-2H3,(H,35,36,37)(H2,25,26,27,28,29)/b31-30+. The Balaban J connectivity index is 1.70. The summed E-state index contributed by atoms with van der Waals surface area (Å²) in [6.45, 7) is 3.39. The number of halogens is 1. The van der Waals surface area contributed by atoms with Crippen molar-refractivity contribution >= 4 is 56.4 Å². The van der Waals surface area contributed by atoms with Gasteiger partial charge in [0.05, 0.1) is 0 Å². The van der Waals surface area contributed by atoms with E-state index in [0.717, 1.165) is 10.6 Å². The number of nitrogens with zero attached hydrogens (tertiary/aromatic N) is 6. The van der Waals surface area contributed by atoms with Crippen molar-refractivity contribution in [3.63, 3.8) is 0 Å². The molecule has 4 rings (SSSR count). The summed E-state index contributed by atoms with van der Waals surface area (Å²) in [5, 5.41) is 24.1. The summed E-state index contributed by atoms with van der Waals surface area (Å²) in [5.41, 5.74) is 0.596. The molecule has 13 nitrogen and oxygen atoms in total. The number of hydrogen-bond acceptors (Lipinski definition) is 11. The highest BCUT2D eigenvalue weighted by Crippen LogP contribution is 2.34. The summed E-state index contributed by atoms with van der Waals surface area (Å²) in [4.78, 5) is 23.8. The monoisotopic (exact) mass is 556 g/mol. The number of anilines is 4. The van der Waals surface area contributed by atoms with Gasteiger partial charge in [-0.2, -0.15) is 23.4 Å². The number of nitrogens with one attached hydrogen (secondary N) is 2. The van der Waals surface area contributed by atoms with Crippen LogP contribution < -0.4 is 16.2 Å². The fraction of sp³-hybridized carbons (Fsp3) is 0.130. The fourth-order valence-corrected chi connectivity index (χ4v) is 4.17. The van der Waals surface area contributed by atoms with Gasteiger partial charge in [-0.15, -0.1) is 10.2 Å². The number of aromatic nitrogens is 4. The minimum absolute atomic E-state index is 0.0352. The van der Waals surface area contributed by atoms with Gasteiger partial charge in [0.1, 0.15) is 16.3 Å². The molecule has 0 aliphatic heterocycles. The van der Waals surface area contributed by atoms with Crippen LogP contribution in [-0.4, -0.2) is 37.6 Å². The van der Waals surface area contributed by atoms with Gasteiger partial charge in [-0.25, -0.2) is 0 Å². The van der Waals surface area contributed by atoms with Crippen LogP contribution in [-0.2, 0) is 16.7 Å². The van der Waals surface area contributed by atoms with Crippen LogP contribution in [0.4, 0.5) is 34.6 Å². The molecule has 4 N–H and O–H groups in total. The minimum Gasteiger partial charge on any atom is -0.493 e. The van der Waals surface area contributed by atoms with Crippen molar-refractivity contribution in [1.29, 1.82) is 0 Å². The second-order valence-corrected chi connectivity index (χ2v) is 9.54. The van der Waals surface area contributed by atoms with E-state index < -0.39 is 26.5 Å². The normalized spacial score (nSPS) is 11.6. The van der Waals surface area contributed by atoms with Gasteiger partial charge in [0, 0.05) is 24.0 Å². The first kappa shape index (κ1) is 26.7. The molecular weight excluding hydrogens is 536 g/mol. The maximum absolute atomic E-state index is 12.1. The van der Waals surface area contributed by atoms with Crippen molar-refractivity contribution in [1.82, 2.24) is 19.5 Å². The van der Waals surface area contributed by atoms with Crippen molar-refractivity contribution in [2.75, 3.05) is 10.6 Å². The molecule has 0 fully saturated rings. The Kier molecular flexibility index (Phi) is 7.66. The summed E-state index contributed by atoms with van der Waals surface area (Å²) in [6.07, 6.45) is 0. The van der Waals surface area contributed by atoms with E-state index in [1.54, 1.807) is 13.8 Å². The lowest BCUT2D eigenvalue weighted by Crippen LogP contribution is -2.18. The third-order valence-corrected chi connectivity index (χ3v) is 6.22. The number of rotatable bonds is 8. The van der Waals surface area contributed by atoms with Crippen molar-refractivity contribution in [3.05, 3.63) is 75.8 Å². The lowest BCUT2D eigenvalue weighted by Gasteiger charge is -2.11. The summed E-state index contributed by atoms with van der Waals surface area (Å²) in [5.74, 6) is -0.234. The highest BCUT2D eigenvalue weighted by atomic mass is 35.5. The largest absolute Gasteiger partial charge is 0.493 e. The Hall–Kier alpha value is -4.40. The molecule has 0 saturated carbocycles. The Bertz CT molecular complexity index is 1690. The van der Waals surface area contributed by atoms with Gasteiger partial charge in [-0.1, -0.05) is 18.2 Å². The van der Waals surface area contributed by atoms with E-state index in [2.05, 4.69) is 35.8 Å². The van der Waals surface area contributed by atoms with E-state index in [1.165, 1.54) is 18.2 Å². The predicted octanol–water partition coefficient (Wildman–Crippen LogP) is 4.87. The van der Waals surface area contributed by atoms with Crippen LogP contribution in [0.5, 0.6) is 5.88 Å². The van der Waals surface area contributed by atoms with Crippen LogP contribution >= 0.6 is 11.6 Å². The molecule has 0 radical (unpaired) electrons. The molecule has 38 heavy (non-hydrogen) atoms. The van der Waals surface area contributed by atoms with Gasteiger partial charge >= 0.3 is 0 Å². The molecule has 0 spiro atoms. The van der Waals surface area contributed by atoms with Crippen LogP contribution in [0.15, 0.2) is 74.5 Å². The summed E-state index contributed by atoms with van der Waals surface area (Å²) >= 11 is 6.05. The zero-order valence-electron chi connectivity index (χ0n) is 20.0. The molecule has 2 heterocycles. The molecule has 0 atom stereocenters. The van der Waals surface area contributed by atoms with E-state index in [1.807, 2.05) is 30.3 Å². The van der Waals surface area contributed by atoms with Crippen molar-refractivity contribution in [3.8, 4) is 5.88 Å². The molecule has 0 amide bonds. The van der Waals surface area contributed by atoms with Crippen molar-refractivity contribution < 1.29 is 18.1 Å². The van der Waals surface area contributed by atoms with Gasteiger partial charge in [-0.3, -0.25) is 13.9 Å². The Labute approximate surface area is 221 Å². The first-order valence-corrected chi connectivity index (χ1v) is 12.8. The first-order chi connectivity index (χ1) is 18.0. The summed E-state index contributed by atoms with van der Waals surface area (Å²) in [6, 6.07) is 14.1. The highest BCUT2D eigenvalue weighted by molar-refractivity contribution is 7.86. The van der Waals surface area contributed by atoms with Gasteiger partial charge in [0.2, 0.25) is 23.1 Å². The lowest BCUT2D eigenvalue weighted by atomic mass is 10.2. The van der Waals surface area contributed by atoms with Crippen LogP contribution in [0.3, 0.4) is 0 Å². The molecular formula is C23H21ClN8O5S. The molecule has 196 valence electrons. The third-order valence-electron chi connectivity index (χ3n) is 5.15. The number of aryl methyl sites for hydroxylation is 1.